The number of nitrogens with one attached hydrogen (secondary N) is 1. The number of anilines is 1. The van der Waals surface area contributed by atoms with Gasteiger partial charge in [0.05, 0.1) is 12.1 Å². The molecule has 2 unspecified atom stereocenters. The summed E-state index contributed by atoms with van der Waals surface area (Å²) in [5.41, 5.74) is 0. The fraction of sp³-hybridized carbons (Fsp3) is 0.700. The number of halogens is 1. The van der Waals surface area contributed by atoms with Gasteiger partial charge in [-0.05, 0) is 28.8 Å². The van der Waals surface area contributed by atoms with Gasteiger partial charge in [0, 0.05) is 5.38 Å². The second-order valence-electron chi connectivity index (χ2n) is 3.93. The van der Waals surface area contributed by atoms with Crippen molar-refractivity contribution in [2.24, 2.45) is 0 Å². The minimum Gasteiger partial charge on any atom is -0.391 e. The molecule has 0 amide bonds. The number of hydrogen-bond acceptors (Lipinski definition) is 4. The summed E-state index contributed by atoms with van der Waals surface area (Å²) >= 11 is 4.90. The van der Waals surface area contributed by atoms with Gasteiger partial charge in [0.1, 0.15) is 4.60 Å². The van der Waals surface area contributed by atoms with Crippen LogP contribution in [0.25, 0.3) is 0 Å². The Balaban J connectivity index is 1.97. The number of nitrogens with zero attached hydrogens (tertiary/aromatic N) is 1. The molecule has 0 aliphatic heterocycles. The van der Waals surface area contributed by atoms with Crippen LogP contribution in [0.3, 0.4) is 0 Å². The molecular formula is C10H15BrN2OS. The monoisotopic (exact) mass is 290 g/mol. The molecule has 5 heteroatoms. The highest BCUT2D eigenvalue weighted by Gasteiger charge is 2.21. The van der Waals surface area contributed by atoms with Gasteiger partial charge in [0.15, 0.2) is 5.13 Å². The fourth-order valence-electron chi connectivity index (χ4n) is 1.94. The zero-order valence-electron chi connectivity index (χ0n) is 8.45. The normalized spacial score (nSPS) is 27.3. The number of aliphatic hydroxyl groups excluding tert-OH is 1. The Kier molecular flexibility index (Phi) is 3.99. The first-order valence-electron chi connectivity index (χ1n) is 5.31. The van der Waals surface area contributed by atoms with Crippen LogP contribution in [-0.2, 0) is 0 Å². The van der Waals surface area contributed by atoms with Gasteiger partial charge in [0.2, 0.25) is 0 Å². The van der Waals surface area contributed by atoms with Crippen molar-refractivity contribution in [2.75, 3.05) is 5.32 Å². The Labute approximate surface area is 102 Å². The maximum absolute atomic E-state index is 9.92. The summed E-state index contributed by atoms with van der Waals surface area (Å²) < 4.78 is 0.859. The molecule has 0 bridgehead atoms. The van der Waals surface area contributed by atoms with Gasteiger partial charge in [0.25, 0.3) is 0 Å². The van der Waals surface area contributed by atoms with Crippen molar-refractivity contribution in [1.82, 2.24) is 4.98 Å². The summed E-state index contributed by atoms with van der Waals surface area (Å²) in [6, 6.07) is 0.172. The third-order valence-corrected chi connectivity index (χ3v) is 4.25. The molecule has 2 atom stereocenters. The summed E-state index contributed by atoms with van der Waals surface area (Å²) in [6.07, 6.45) is 5.29. The Morgan fingerprint density at radius 2 is 2.20 bits per heavy atom. The van der Waals surface area contributed by atoms with Crippen molar-refractivity contribution in [3.05, 3.63) is 9.98 Å². The van der Waals surface area contributed by atoms with Gasteiger partial charge < -0.3 is 10.4 Å². The van der Waals surface area contributed by atoms with Crippen LogP contribution in [0.15, 0.2) is 9.98 Å². The molecule has 2 N–H and O–H groups in total. The van der Waals surface area contributed by atoms with E-state index in [1.165, 1.54) is 12.8 Å². The molecule has 1 aliphatic carbocycles. The quantitative estimate of drug-likeness (QED) is 0.823. The van der Waals surface area contributed by atoms with Crippen molar-refractivity contribution in [2.45, 2.75) is 44.2 Å². The fourth-order valence-corrected chi connectivity index (χ4v) is 3.14. The molecule has 1 saturated carbocycles. The zero-order chi connectivity index (χ0) is 10.7. The Morgan fingerprint density at radius 1 is 1.40 bits per heavy atom. The lowest BCUT2D eigenvalue weighted by Crippen LogP contribution is -2.32. The van der Waals surface area contributed by atoms with Crippen molar-refractivity contribution in [3.8, 4) is 0 Å². The van der Waals surface area contributed by atoms with E-state index in [9.17, 15) is 5.11 Å². The minimum atomic E-state index is -0.227. The molecular weight excluding hydrogens is 276 g/mol. The second-order valence-corrected chi connectivity index (χ2v) is 5.60. The minimum absolute atomic E-state index is 0.172. The van der Waals surface area contributed by atoms with E-state index >= 15 is 0 Å². The van der Waals surface area contributed by atoms with E-state index in [-0.39, 0.29) is 12.1 Å². The average Bonchev–Trinajstić information content (AvgIpc) is 2.50. The summed E-state index contributed by atoms with van der Waals surface area (Å²) in [5, 5.41) is 16.1. The Morgan fingerprint density at radius 3 is 2.93 bits per heavy atom. The lowest BCUT2D eigenvalue weighted by atomic mass is 10.1. The van der Waals surface area contributed by atoms with E-state index < -0.39 is 0 Å². The third-order valence-electron chi connectivity index (χ3n) is 2.76. The SMILES string of the molecule is OC1CCCCCC1Nc1nc(Br)cs1. The summed E-state index contributed by atoms with van der Waals surface area (Å²) in [4.78, 5) is 4.28. The predicted molar refractivity (Wildman–Crippen MR) is 66.3 cm³/mol. The molecule has 1 fully saturated rings. The topological polar surface area (TPSA) is 45.1 Å². The average molecular weight is 291 g/mol. The van der Waals surface area contributed by atoms with Crippen LogP contribution in [0, 0.1) is 0 Å². The summed E-state index contributed by atoms with van der Waals surface area (Å²) in [7, 11) is 0. The summed E-state index contributed by atoms with van der Waals surface area (Å²) in [5.74, 6) is 0. The van der Waals surface area contributed by atoms with Gasteiger partial charge in [-0.2, -0.15) is 0 Å². The van der Waals surface area contributed by atoms with Crippen LogP contribution >= 0.6 is 27.3 Å². The molecule has 0 saturated heterocycles. The van der Waals surface area contributed by atoms with Gasteiger partial charge in [-0.15, -0.1) is 11.3 Å². The molecule has 1 aromatic rings. The Hall–Kier alpha value is -0.130. The van der Waals surface area contributed by atoms with E-state index in [1.807, 2.05) is 5.38 Å². The Bertz CT molecular complexity index is 318. The molecule has 15 heavy (non-hydrogen) atoms. The van der Waals surface area contributed by atoms with E-state index in [0.29, 0.717) is 0 Å². The van der Waals surface area contributed by atoms with Crippen molar-refractivity contribution < 1.29 is 5.11 Å². The van der Waals surface area contributed by atoms with Crippen LogP contribution < -0.4 is 5.32 Å². The lowest BCUT2D eigenvalue weighted by molar-refractivity contribution is 0.144. The molecule has 2 rings (SSSR count). The lowest BCUT2D eigenvalue weighted by Gasteiger charge is -2.21. The highest BCUT2D eigenvalue weighted by atomic mass is 79.9. The molecule has 1 aliphatic rings. The molecule has 84 valence electrons. The van der Waals surface area contributed by atoms with E-state index in [2.05, 4.69) is 26.2 Å². The number of aromatic nitrogens is 1. The highest BCUT2D eigenvalue weighted by molar-refractivity contribution is 9.10. The highest BCUT2D eigenvalue weighted by Crippen LogP contribution is 2.25. The number of rotatable bonds is 2. The first-order valence-corrected chi connectivity index (χ1v) is 6.98. The van der Waals surface area contributed by atoms with Crippen LogP contribution in [0.2, 0.25) is 0 Å². The number of hydrogen-bond donors (Lipinski definition) is 2. The van der Waals surface area contributed by atoms with Gasteiger partial charge in [-0.3, -0.25) is 0 Å². The smallest absolute Gasteiger partial charge is 0.184 e. The standard InChI is InChI=1S/C10H15BrN2OS/c11-9-6-15-10(13-9)12-7-4-2-1-3-5-8(7)14/h6-8,14H,1-5H2,(H,12,13). The van der Waals surface area contributed by atoms with Gasteiger partial charge in [-0.1, -0.05) is 19.3 Å². The molecule has 1 aromatic heterocycles. The molecule has 0 radical (unpaired) electrons. The van der Waals surface area contributed by atoms with Crippen LogP contribution in [0.1, 0.15) is 32.1 Å². The first-order chi connectivity index (χ1) is 7.25. The molecule has 0 spiro atoms. The summed E-state index contributed by atoms with van der Waals surface area (Å²) in [6.45, 7) is 0. The van der Waals surface area contributed by atoms with E-state index in [4.69, 9.17) is 0 Å². The van der Waals surface area contributed by atoms with Crippen LogP contribution in [-0.4, -0.2) is 22.2 Å². The van der Waals surface area contributed by atoms with E-state index in [1.54, 1.807) is 11.3 Å². The van der Waals surface area contributed by atoms with Crippen molar-refractivity contribution in [3.63, 3.8) is 0 Å². The van der Waals surface area contributed by atoms with Gasteiger partial charge in [-0.25, -0.2) is 4.98 Å². The van der Waals surface area contributed by atoms with Crippen molar-refractivity contribution in [1.29, 1.82) is 0 Å². The first kappa shape index (κ1) is 11.4. The molecule has 0 aromatic carbocycles. The van der Waals surface area contributed by atoms with Crippen LogP contribution in [0.4, 0.5) is 5.13 Å². The number of thiazole rings is 1. The van der Waals surface area contributed by atoms with Crippen molar-refractivity contribution >= 4 is 32.4 Å². The van der Waals surface area contributed by atoms with Crippen LogP contribution in [0.5, 0.6) is 0 Å². The third kappa shape index (κ3) is 3.16. The second kappa shape index (κ2) is 5.27. The maximum atomic E-state index is 9.92. The van der Waals surface area contributed by atoms with Gasteiger partial charge >= 0.3 is 0 Å². The molecule has 3 nitrogen and oxygen atoms in total. The zero-order valence-corrected chi connectivity index (χ0v) is 10.9. The number of aliphatic hydroxyl groups is 1. The molecule has 1 heterocycles. The predicted octanol–water partition coefficient (Wildman–Crippen LogP) is 3.01. The van der Waals surface area contributed by atoms with E-state index in [0.717, 1.165) is 29.0 Å². The largest absolute Gasteiger partial charge is 0.391 e. The maximum Gasteiger partial charge on any atom is 0.184 e.